The van der Waals surface area contributed by atoms with Gasteiger partial charge < -0.3 is 90.1 Å². The first-order valence-corrected chi connectivity index (χ1v) is 36.6. The summed E-state index contributed by atoms with van der Waals surface area (Å²) in [6.45, 7) is 7.66. The number of fused-ring (bicyclic) bond motifs is 5. The lowest BCUT2D eigenvalue weighted by Crippen LogP contribution is -2.54. The predicted molar refractivity (Wildman–Crippen MR) is 399 cm³/mol. The number of aromatic nitrogens is 3. The zero-order valence-electron chi connectivity index (χ0n) is 58.6. The summed E-state index contributed by atoms with van der Waals surface area (Å²) >= 11 is 13.5. The van der Waals surface area contributed by atoms with E-state index >= 15 is 0 Å². The van der Waals surface area contributed by atoms with Crippen molar-refractivity contribution in [2.24, 2.45) is 11.7 Å². The Morgan fingerprint density at radius 2 is 1.36 bits per heavy atom. The largest absolute Gasteiger partial charge is 0.492 e. The number of benzene rings is 5. The van der Waals surface area contributed by atoms with Crippen molar-refractivity contribution in [2.75, 3.05) is 143 Å². The summed E-state index contributed by atoms with van der Waals surface area (Å²) in [5.74, 6) is -1.50. The molecule has 0 unspecified atom stereocenters. The molecule has 3 heterocycles. The highest BCUT2D eigenvalue weighted by molar-refractivity contribution is 9.09. The van der Waals surface area contributed by atoms with Crippen molar-refractivity contribution >= 4 is 135 Å². The molecule has 8 rings (SSSR count). The number of urea groups is 1. The predicted octanol–water partition coefficient (Wildman–Crippen LogP) is 8.58. The molecule has 0 fully saturated rings. The summed E-state index contributed by atoms with van der Waals surface area (Å²) in [4.78, 5) is 125. The fraction of sp³-hybridized carbons (Fsp3) is 0.444. The lowest BCUT2D eigenvalue weighted by molar-refractivity contribution is -0.132. The molecule has 2 aromatic heterocycles. The minimum atomic E-state index is -1.09. The first-order chi connectivity index (χ1) is 49.6. The number of ether oxygens (including phenoxy) is 7. The van der Waals surface area contributed by atoms with Gasteiger partial charge in [-0.2, -0.15) is 0 Å². The van der Waals surface area contributed by atoms with E-state index in [4.69, 9.17) is 50.5 Å². The number of alkyl halides is 3. The van der Waals surface area contributed by atoms with E-state index in [-0.39, 0.29) is 101 Å². The summed E-state index contributed by atoms with van der Waals surface area (Å²) in [6, 6.07) is 25.5. The number of carbonyl (C=O) groups is 8. The van der Waals surface area contributed by atoms with Crippen LogP contribution in [-0.4, -0.2) is 222 Å². The topological polar surface area (TPSA) is 342 Å². The first kappa shape index (κ1) is 79.9. The van der Waals surface area contributed by atoms with E-state index in [0.717, 1.165) is 39.8 Å². The molecular formula is C72H90Br2ClN13O15. The summed E-state index contributed by atoms with van der Waals surface area (Å²) in [7, 11) is 7.03. The highest BCUT2D eigenvalue weighted by atomic mass is 79.9. The molecule has 5 aromatic carbocycles. The average Bonchev–Trinajstić information content (AvgIpc) is 1.61. The van der Waals surface area contributed by atoms with Crippen LogP contribution >= 0.6 is 43.5 Å². The molecule has 1 aliphatic heterocycles. The van der Waals surface area contributed by atoms with Gasteiger partial charge in [-0.15, -0.1) is 11.6 Å². The van der Waals surface area contributed by atoms with Gasteiger partial charge >= 0.3 is 18.2 Å². The van der Waals surface area contributed by atoms with E-state index in [0.29, 0.717) is 114 Å². The van der Waals surface area contributed by atoms with Crippen LogP contribution in [0.25, 0.3) is 32.7 Å². The Labute approximate surface area is 619 Å². The second kappa shape index (κ2) is 40.3. The van der Waals surface area contributed by atoms with Crippen molar-refractivity contribution in [3.05, 3.63) is 131 Å². The molecule has 554 valence electrons. The number of primary amides is 1. The number of aromatic amines is 1. The molecule has 9 amide bonds. The second-order valence-electron chi connectivity index (χ2n) is 25.0. The van der Waals surface area contributed by atoms with Crippen LogP contribution in [0, 0.1) is 5.92 Å². The van der Waals surface area contributed by atoms with E-state index in [9.17, 15) is 38.4 Å². The average molecular weight is 1570 g/mol. The number of amides is 9. The standard InChI is InChI=1S/C72H90Br2ClN13O15/c1-45(2)65(84-63(89)21-27-97-30-32-99-34-35-100-33-31-98-28-23-77-66(90)47-15-19-55-57(37-47)82-60(41-74)59(40-73)81-55)68(92)83-56(12-9-22-78-70(76)94)67(91)79-50-16-13-46(14-17-50)44-102-71(95)86(5)24-25-87(6)72(96)103-62-39-61-64(53-11-8-7-10-52(53)62)49(42-75)43-88(61)69(93)58-38-48-36-51(18-20-54(48)80-58)101-29-26-85(3)4/h7-8,10-11,13-20,36-39,45,49,56,65,80H,9,12,21-35,40-44H2,1-6H3,(H,77,90)(H,79,91)(H,83,92)(H,84,89)(H3,76,78,94)/t49-,56+,65+/m1/s1. The summed E-state index contributed by atoms with van der Waals surface area (Å²) in [5.41, 5.74) is 12.3. The molecule has 0 radical (unpaired) electrons. The number of halogens is 3. The smallest absolute Gasteiger partial charge is 0.415 e. The number of anilines is 2. The summed E-state index contributed by atoms with van der Waals surface area (Å²) < 4.78 is 39.9. The summed E-state index contributed by atoms with van der Waals surface area (Å²) in [5, 5.41) is 17.1. The number of H-pyrrole nitrogens is 1. The van der Waals surface area contributed by atoms with Gasteiger partial charge in [-0.1, -0.05) is 82.1 Å². The molecule has 0 saturated heterocycles. The molecule has 0 saturated carbocycles. The molecule has 0 aliphatic carbocycles. The SMILES string of the molecule is CC(C)[C@H](NC(=O)CCOCCOCCOCCOCCNC(=O)c1ccc2nc(CBr)c(CBr)nc2c1)C(=O)N[C@@H](CCCNC(N)=O)C(=O)Nc1ccc(COC(=O)N(C)CCN(C)C(=O)Oc2cc3c(c4ccccc24)[C@H](CCl)CN3C(=O)c2cc3cc(OCCN(C)C)ccc3[nH]2)cc1. The third-order valence-corrected chi connectivity index (χ3v) is 18.1. The quantitative estimate of drug-likeness (QED) is 0.0140. The molecule has 0 bridgehead atoms. The van der Waals surface area contributed by atoms with Gasteiger partial charge in [-0.25, -0.2) is 24.4 Å². The van der Waals surface area contributed by atoms with E-state index in [1.165, 1.54) is 16.8 Å². The van der Waals surface area contributed by atoms with Crippen LogP contribution < -0.4 is 46.7 Å². The maximum Gasteiger partial charge on any atom is 0.415 e. The van der Waals surface area contributed by atoms with E-state index in [1.807, 2.05) is 61.5 Å². The van der Waals surface area contributed by atoms with Crippen LogP contribution in [0.4, 0.5) is 25.8 Å². The molecule has 0 spiro atoms. The number of carbonyl (C=O) groups excluding carboxylic acids is 8. The third-order valence-electron chi connectivity index (χ3n) is 16.7. The molecule has 1 aliphatic rings. The normalized spacial score (nSPS) is 13.2. The van der Waals surface area contributed by atoms with E-state index in [1.54, 1.807) is 80.4 Å². The van der Waals surface area contributed by atoms with Crippen LogP contribution in [0.1, 0.15) is 82.4 Å². The molecule has 103 heavy (non-hydrogen) atoms. The first-order valence-electron chi connectivity index (χ1n) is 33.8. The zero-order chi connectivity index (χ0) is 74.0. The van der Waals surface area contributed by atoms with Gasteiger partial charge in [0.05, 0.1) is 81.0 Å². The van der Waals surface area contributed by atoms with Crippen molar-refractivity contribution in [3.8, 4) is 11.5 Å². The van der Waals surface area contributed by atoms with Gasteiger partial charge in [-0.05, 0) is 104 Å². The Hall–Kier alpha value is -8.75. The van der Waals surface area contributed by atoms with Crippen molar-refractivity contribution in [1.29, 1.82) is 0 Å². The van der Waals surface area contributed by atoms with Crippen LogP contribution in [0.3, 0.4) is 0 Å². The molecular weight excluding hydrogens is 1480 g/mol. The van der Waals surface area contributed by atoms with Gasteiger partial charge in [-0.3, -0.25) is 24.0 Å². The van der Waals surface area contributed by atoms with Crippen LogP contribution in [0.5, 0.6) is 11.5 Å². The molecule has 28 nitrogen and oxygen atoms in total. The van der Waals surface area contributed by atoms with Gasteiger partial charge in [0.15, 0.2) is 0 Å². The van der Waals surface area contributed by atoms with Crippen molar-refractivity contribution < 1.29 is 71.5 Å². The molecule has 7 aromatic rings. The number of nitrogens with zero attached hydrogens (tertiary/aromatic N) is 6. The van der Waals surface area contributed by atoms with Crippen LogP contribution in [0.15, 0.2) is 97.1 Å². The maximum absolute atomic E-state index is 14.4. The lowest BCUT2D eigenvalue weighted by atomic mass is 9.95. The fourth-order valence-corrected chi connectivity index (χ4v) is 12.2. The lowest BCUT2D eigenvalue weighted by Gasteiger charge is -2.25. The Bertz CT molecular complexity index is 4060. The maximum atomic E-state index is 14.4. The number of nitrogens with one attached hydrogen (secondary N) is 6. The number of likely N-dealkylation sites (N-methyl/N-ethyl adjacent to an activating group) is 3. The van der Waals surface area contributed by atoms with E-state index < -0.39 is 48.0 Å². The minimum absolute atomic E-state index is 0.0479. The third kappa shape index (κ3) is 23.6. The Kier molecular flexibility index (Phi) is 31.3. The number of hydrogen-bond donors (Lipinski definition) is 7. The van der Waals surface area contributed by atoms with E-state index in [2.05, 4.69) is 73.4 Å². The Morgan fingerprint density at radius 3 is 2.02 bits per heavy atom. The van der Waals surface area contributed by atoms with Crippen molar-refractivity contribution in [1.82, 2.24) is 50.9 Å². The van der Waals surface area contributed by atoms with Gasteiger partial charge in [0, 0.05) is 116 Å². The summed E-state index contributed by atoms with van der Waals surface area (Å²) in [6.07, 6.45) is -1.03. The highest BCUT2D eigenvalue weighted by Crippen LogP contribution is 2.46. The fourth-order valence-electron chi connectivity index (χ4n) is 11.0. The molecule has 3 atom stereocenters. The number of rotatable bonds is 40. The monoisotopic (exact) mass is 1570 g/mol. The second-order valence-corrected chi connectivity index (χ2v) is 26.4. The number of nitrogens with two attached hydrogens (primary N) is 1. The molecule has 31 heteroatoms. The Balaban J connectivity index is 0.719. The zero-order valence-corrected chi connectivity index (χ0v) is 62.5. The highest BCUT2D eigenvalue weighted by Gasteiger charge is 2.37. The minimum Gasteiger partial charge on any atom is -0.492 e. The van der Waals surface area contributed by atoms with Crippen molar-refractivity contribution in [2.45, 2.75) is 68.4 Å². The van der Waals surface area contributed by atoms with Gasteiger partial charge in [0.25, 0.3) is 11.8 Å². The van der Waals surface area contributed by atoms with Crippen LogP contribution in [-0.2, 0) is 55.3 Å². The van der Waals surface area contributed by atoms with Gasteiger partial charge in [0.1, 0.15) is 42.5 Å². The Morgan fingerprint density at radius 1 is 0.699 bits per heavy atom. The van der Waals surface area contributed by atoms with Crippen LogP contribution in [0.2, 0.25) is 0 Å². The molecule has 8 N–H and O–H groups in total. The van der Waals surface area contributed by atoms with Gasteiger partial charge in [0.2, 0.25) is 17.7 Å². The number of hydrogen-bond acceptors (Lipinski definition) is 18. The van der Waals surface area contributed by atoms with Crippen molar-refractivity contribution in [3.63, 3.8) is 0 Å².